The topological polar surface area (TPSA) is 96.3 Å². The molecule has 2 aromatic rings. The number of nitrogens with one attached hydrogen (secondary N) is 3. The zero-order chi connectivity index (χ0) is 18.6. The second kappa shape index (κ2) is 7.83. The number of benzene rings is 1. The highest BCUT2D eigenvalue weighted by Crippen LogP contribution is 2.21. The number of aryl methyl sites for hydroxylation is 2. The van der Waals surface area contributed by atoms with Gasteiger partial charge in [0, 0.05) is 18.2 Å². The third-order valence-electron chi connectivity index (χ3n) is 3.92. The summed E-state index contributed by atoms with van der Waals surface area (Å²) in [6, 6.07) is 6.65. The molecule has 0 radical (unpaired) electrons. The first-order valence-corrected chi connectivity index (χ1v) is 8.15. The summed E-state index contributed by atoms with van der Waals surface area (Å²) in [7, 11) is 0. The Balaban J connectivity index is 1.99. The Kier molecular flexibility index (Phi) is 5.80. The Bertz CT molecular complexity index is 750. The van der Waals surface area contributed by atoms with Crippen molar-refractivity contribution in [2.75, 3.05) is 5.32 Å². The van der Waals surface area contributed by atoms with E-state index < -0.39 is 0 Å². The number of carbonyl (C=O) groups is 2. The lowest BCUT2D eigenvalue weighted by atomic mass is 10.1. The molecule has 2 atom stereocenters. The zero-order valence-corrected chi connectivity index (χ0v) is 15.1. The molecule has 3 amide bonds. The molecule has 0 fully saturated rings. The van der Waals surface area contributed by atoms with Crippen LogP contribution in [0.15, 0.2) is 28.8 Å². The van der Waals surface area contributed by atoms with Crippen molar-refractivity contribution in [3.05, 3.63) is 46.8 Å². The van der Waals surface area contributed by atoms with E-state index in [2.05, 4.69) is 21.1 Å². The van der Waals surface area contributed by atoms with Crippen LogP contribution in [0.4, 0.5) is 10.5 Å². The number of amides is 3. The average molecular weight is 344 g/mol. The molecule has 2 unspecified atom stereocenters. The monoisotopic (exact) mass is 344 g/mol. The summed E-state index contributed by atoms with van der Waals surface area (Å²) in [6.07, 6.45) is 0. The van der Waals surface area contributed by atoms with E-state index in [1.54, 1.807) is 6.07 Å². The molecule has 7 heteroatoms. The number of aromatic nitrogens is 1. The number of hydrogen-bond acceptors (Lipinski definition) is 4. The van der Waals surface area contributed by atoms with Crippen LogP contribution in [0.1, 0.15) is 55.4 Å². The van der Waals surface area contributed by atoms with Gasteiger partial charge in [0.1, 0.15) is 5.76 Å². The fourth-order valence-corrected chi connectivity index (χ4v) is 2.79. The molecule has 25 heavy (non-hydrogen) atoms. The zero-order valence-electron chi connectivity index (χ0n) is 15.1. The number of anilines is 1. The van der Waals surface area contributed by atoms with Crippen LogP contribution in [0.25, 0.3) is 0 Å². The van der Waals surface area contributed by atoms with Crippen LogP contribution in [0.3, 0.4) is 0 Å². The highest BCUT2D eigenvalue weighted by Gasteiger charge is 2.19. The number of nitrogens with zero attached hydrogens (tertiary/aromatic N) is 1. The lowest BCUT2D eigenvalue weighted by molar-refractivity contribution is -0.114. The van der Waals surface area contributed by atoms with Gasteiger partial charge in [-0.15, -0.1) is 0 Å². The van der Waals surface area contributed by atoms with Crippen molar-refractivity contribution in [1.82, 2.24) is 15.8 Å². The molecule has 134 valence electrons. The Hall–Kier alpha value is -2.83. The molecule has 0 saturated carbocycles. The average Bonchev–Trinajstić information content (AvgIpc) is 2.85. The van der Waals surface area contributed by atoms with Gasteiger partial charge < -0.3 is 20.5 Å². The van der Waals surface area contributed by atoms with E-state index >= 15 is 0 Å². The van der Waals surface area contributed by atoms with Crippen LogP contribution < -0.4 is 16.0 Å². The molecule has 0 bridgehead atoms. The first-order chi connectivity index (χ1) is 11.8. The summed E-state index contributed by atoms with van der Waals surface area (Å²) >= 11 is 0. The minimum Gasteiger partial charge on any atom is -0.361 e. The maximum absolute atomic E-state index is 12.3. The molecule has 7 nitrogen and oxygen atoms in total. The Morgan fingerprint density at radius 3 is 2.40 bits per heavy atom. The summed E-state index contributed by atoms with van der Waals surface area (Å²) in [5, 5.41) is 12.4. The molecule has 0 aliphatic heterocycles. The number of urea groups is 1. The predicted octanol–water partition coefficient (Wildman–Crippen LogP) is 3.37. The van der Waals surface area contributed by atoms with E-state index in [4.69, 9.17) is 4.52 Å². The SMILES string of the molecule is CC(=O)Nc1cccc(C(C)NC(=O)NC(C)c2c(C)noc2C)c1. The van der Waals surface area contributed by atoms with E-state index in [0.29, 0.717) is 11.4 Å². The van der Waals surface area contributed by atoms with Crippen molar-refractivity contribution in [2.24, 2.45) is 0 Å². The predicted molar refractivity (Wildman–Crippen MR) is 95.2 cm³/mol. The fourth-order valence-electron chi connectivity index (χ4n) is 2.79. The van der Waals surface area contributed by atoms with Crippen molar-refractivity contribution in [1.29, 1.82) is 0 Å². The molecule has 1 aromatic carbocycles. The van der Waals surface area contributed by atoms with E-state index in [-0.39, 0.29) is 24.0 Å². The van der Waals surface area contributed by atoms with Gasteiger partial charge in [-0.05, 0) is 45.4 Å². The standard InChI is InChI=1S/C18H24N4O3/c1-10(15-7-6-8-16(9-15)21-14(5)23)19-18(24)20-11(2)17-12(3)22-25-13(17)4/h6-11H,1-5H3,(H,21,23)(H2,19,20,24). The van der Waals surface area contributed by atoms with Crippen LogP contribution in [0, 0.1) is 13.8 Å². The molecule has 1 aromatic heterocycles. The van der Waals surface area contributed by atoms with Gasteiger partial charge >= 0.3 is 6.03 Å². The highest BCUT2D eigenvalue weighted by molar-refractivity contribution is 5.88. The molecule has 0 aliphatic carbocycles. The number of rotatable bonds is 5. The maximum Gasteiger partial charge on any atom is 0.315 e. The molecule has 0 spiro atoms. The largest absolute Gasteiger partial charge is 0.361 e. The van der Waals surface area contributed by atoms with Crippen LogP contribution in [-0.4, -0.2) is 17.1 Å². The first-order valence-electron chi connectivity index (χ1n) is 8.15. The van der Waals surface area contributed by atoms with Crippen LogP contribution >= 0.6 is 0 Å². The Morgan fingerprint density at radius 2 is 1.80 bits per heavy atom. The van der Waals surface area contributed by atoms with E-state index in [0.717, 1.165) is 16.8 Å². The highest BCUT2D eigenvalue weighted by atomic mass is 16.5. The summed E-state index contributed by atoms with van der Waals surface area (Å²) in [6.45, 7) is 8.89. The minimum absolute atomic E-state index is 0.135. The second-order valence-corrected chi connectivity index (χ2v) is 6.11. The fraction of sp³-hybridized carbons (Fsp3) is 0.389. The third-order valence-corrected chi connectivity index (χ3v) is 3.92. The van der Waals surface area contributed by atoms with Gasteiger partial charge in [0.15, 0.2) is 0 Å². The Morgan fingerprint density at radius 1 is 1.12 bits per heavy atom. The summed E-state index contributed by atoms with van der Waals surface area (Å²) in [5.41, 5.74) is 3.24. The molecule has 3 N–H and O–H groups in total. The summed E-state index contributed by atoms with van der Waals surface area (Å²) in [4.78, 5) is 23.4. The molecule has 0 saturated heterocycles. The van der Waals surface area contributed by atoms with Gasteiger partial charge in [-0.1, -0.05) is 17.3 Å². The van der Waals surface area contributed by atoms with Crippen molar-refractivity contribution in [2.45, 2.75) is 46.7 Å². The van der Waals surface area contributed by atoms with Gasteiger partial charge in [-0.2, -0.15) is 0 Å². The quantitative estimate of drug-likeness (QED) is 0.775. The van der Waals surface area contributed by atoms with E-state index in [1.165, 1.54) is 6.92 Å². The van der Waals surface area contributed by atoms with Gasteiger partial charge in [0.05, 0.1) is 17.8 Å². The molecule has 2 rings (SSSR count). The normalized spacial score (nSPS) is 13.0. The molecule has 1 heterocycles. The van der Waals surface area contributed by atoms with Crippen LogP contribution in [-0.2, 0) is 4.79 Å². The molecule has 0 aliphatic rings. The maximum atomic E-state index is 12.3. The van der Waals surface area contributed by atoms with Crippen molar-refractivity contribution in [3.63, 3.8) is 0 Å². The van der Waals surface area contributed by atoms with Gasteiger partial charge in [0.25, 0.3) is 0 Å². The van der Waals surface area contributed by atoms with Crippen molar-refractivity contribution in [3.8, 4) is 0 Å². The lowest BCUT2D eigenvalue weighted by Gasteiger charge is -2.19. The minimum atomic E-state index is -0.287. The third kappa shape index (κ3) is 4.82. The van der Waals surface area contributed by atoms with Gasteiger partial charge in [-0.3, -0.25) is 4.79 Å². The molecular formula is C18H24N4O3. The van der Waals surface area contributed by atoms with Gasteiger partial charge in [0.2, 0.25) is 5.91 Å². The summed E-state index contributed by atoms with van der Waals surface area (Å²) in [5.74, 6) is 0.560. The number of hydrogen-bond donors (Lipinski definition) is 3. The number of carbonyl (C=O) groups excluding carboxylic acids is 2. The first kappa shape index (κ1) is 18.5. The van der Waals surface area contributed by atoms with E-state index in [1.807, 2.05) is 45.9 Å². The lowest BCUT2D eigenvalue weighted by Crippen LogP contribution is -2.38. The smallest absolute Gasteiger partial charge is 0.315 e. The van der Waals surface area contributed by atoms with Crippen LogP contribution in [0.2, 0.25) is 0 Å². The van der Waals surface area contributed by atoms with Crippen LogP contribution in [0.5, 0.6) is 0 Å². The van der Waals surface area contributed by atoms with Crippen molar-refractivity contribution < 1.29 is 14.1 Å². The Labute approximate surface area is 147 Å². The molecular weight excluding hydrogens is 320 g/mol. The van der Waals surface area contributed by atoms with Crippen molar-refractivity contribution >= 4 is 17.6 Å². The summed E-state index contributed by atoms with van der Waals surface area (Å²) < 4.78 is 5.14. The second-order valence-electron chi connectivity index (χ2n) is 6.11. The van der Waals surface area contributed by atoms with E-state index in [9.17, 15) is 9.59 Å². The van der Waals surface area contributed by atoms with Gasteiger partial charge in [-0.25, -0.2) is 4.79 Å².